The van der Waals surface area contributed by atoms with Crippen molar-refractivity contribution in [1.82, 2.24) is 10.2 Å². The zero-order valence-corrected chi connectivity index (χ0v) is 15.6. The molecule has 5 nitrogen and oxygen atoms in total. The summed E-state index contributed by atoms with van der Waals surface area (Å²) in [4.78, 5) is 25.7. The maximum Gasteiger partial charge on any atom is 0.234 e. The SMILES string of the molecule is CC(C)Cc1ccc(C(C)NC(=O)CN2CCCC(C(N)=O)C2)cc1. The molecule has 1 aliphatic rings. The van der Waals surface area contributed by atoms with Gasteiger partial charge in [0.05, 0.1) is 18.5 Å². The van der Waals surface area contributed by atoms with Crippen molar-refractivity contribution in [2.24, 2.45) is 17.6 Å². The fraction of sp³-hybridized carbons (Fsp3) is 0.600. The molecule has 0 bridgehead atoms. The van der Waals surface area contributed by atoms with Gasteiger partial charge in [-0.3, -0.25) is 14.5 Å². The topological polar surface area (TPSA) is 75.4 Å². The molecule has 0 aliphatic carbocycles. The molecule has 0 spiro atoms. The molecule has 0 saturated carbocycles. The maximum atomic E-state index is 12.3. The molecule has 2 atom stereocenters. The molecule has 3 N–H and O–H groups in total. The van der Waals surface area contributed by atoms with Crippen LogP contribution < -0.4 is 11.1 Å². The fourth-order valence-corrected chi connectivity index (χ4v) is 3.42. The van der Waals surface area contributed by atoms with Gasteiger partial charge < -0.3 is 11.1 Å². The van der Waals surface area contributed by atoms with E-state index < -0.39 is 0 Å². The number of nitrogens with one attached hydrogen (secondary N) is 1. The monoisotopic (exact) mass is 345 g/mol. The van der Waals surface area contributed by atoms with E-state index in [1.165, 1.54) is 5.56 Å². The number of hydrogen-bond donors (Lipinski definition) is 2. The van der Waals surface area contributed by atoms with Gasteiger partial charge in [0.1, 0.15) is 0 Å². The zero-order chi connectivity index (χ0) is 18.4. The Bertz CT molecular complexity index is 583. The van der Waals surface area contributed by atoms with Crippen molar-refractivity contribution < 1.29 is 9.59 Å². The van der Waals surface area contributed by atoms with E-state index >= 15 is 0 Å². The van der Waals surface area contributed by atoms with Gasteiger partial charge in [0.25, 0.3) is 0 Å². The Kier molecular flexibility index (Phi) is 7.00. The molecular weight excluding hydrogens is 314 g/mol. The highest BCUT2D eigenvalue weighted by Gasteiger charge is 2.25. The summed E-state index contributed by atoms with van der Waals surface area (Å²) in [5.74, 6) is 0.230. The van der Waals surface area contributed by atoms with E-state index in [2.05, 4.69) is 43.4 Å². The van der Waals surface area contributed by atoms with Crippen LogP contribution in [0.25, 0.3) is 0 Å². The van der Waals surface area contributed by atoms with Gasteiger partial charge in [-0.2, -0.15) is 0 Å². The number of nitrogens with zero attached hydrogens (tertiary/aromatic N) is 1. The third-order valence-corrected chi connectivity index (χ3v) is 4.78. The van der Waals surface area contributed by atoms with E-state index in [0.717, 1.165) is 31.4 Å². The standard InChI is InChI=1S/C20H31N3O2/c1-14(2)11-16-6-8-17(9-7-16)15(3)22-19(24)13-23-10-4-5-18(12-23)20(21)25/h6-9,14-15,18H,4-5,10-13H2,1-3H3,(H2,21,25)(H,22,24). The Morgan fingerprint density at radius 1 is 1.24 bits per heavy atom. The number of amides is 2. The Morgan fingerprint density at radius 3 is 2.52 bits per heavy atom. The largest absolute Gasteiger partial charge is 0.369 e. The summed E-state index contributed by atoms with van der Waals surface area (Å²) in [6.45, 7) is 8.16. The highest BCUT2D eigenvalue weighted by atomic mass is 16.2. The van der Waals surface area contributed by atoms with Crippen molar-refractivity contribution in [1.29, 1.82) is 0 Å². The number of hydrogen-bond acceptors (Lipinski definition) is 3. The summed E-state index contributed by atoms with van der Waals surface area (Å²) in [6.07, 6.45) is 2.80. The van der Waals surface area contributed by atoms with Gasteiger partial charge in [0.15, 0.2) is 0 Å². The molecule has 1 heterocycles. The minimum Gasteiger partial charge on any atom is -0.369 e. The second kappa shape index (κ2) is 8.99. The van der Waals surface area contributed by atoms with Crippen LogP contribution in [0.3, 0.4) is 0 Å². The quantitative estimate of drug-likeness (QED) is 0.796. The van der Waals surface area contributed by atoms with Crippen LogP contribution in [0.5, 0.6) is 0 Å². The molecule has 0 aromatic heterocycles. The van der Waals surface area contributed by atoms with Crippen LogP contribution in [0.15, 0.2) is 24.3 Å². The summed E-state index contributed by atoms with van der Waals surface area (Å²) in [5, 5.41) is 3.05. The van der Waals surface area contributed by atoms with E-state index in [0.29, 0.717) is 19.0 Å². The average molecular weight is 345 g/mol. The highest BCUT2D eigenvalue weighted by Crippen LogP contribution is 2.17. The van der Waals surface area contributed by atoms with Gasteiger partial charge in [0, 0.05) is 6.54 Å². The van der Waals surface area contributed by atoms with Crippen LogP contribution in [0, 0.1) is 11.8 Å². The van der Waals surface area contributed by atoms with E-state index in [1.54, 1.807) is 0 Å². The third-order valence-electron chi connectivity index (χ3n) is 4.78. The molecule has 138 valence electrons. The minimum absolute atomic E-state index is 0.0103. The first-order valence-electron chi connectivity index (χ1n) is 9.25. The van der Waals surface area contributed by atoms with Gasteiger partial charge >= 0.3 is 0 Å². The lowest BCUT2D eigenvalue weighted by Gasteiger charge is -2.30. The summed E-state index contributed by atoms with van der Waals surface area (Å²) >= 11 is 0. The first-order valence-corrected chi connectivity index (χ1v) is 9.25. The van der Waals surface area contributed by atoms with Crippen molar-refractivity contribution in [3.8, 4) is 0 Å². The smallest absolute Gasteiger partial charge is 0.234 e. The molecule has 0 radical (unpaired) electrons. The van der Waals surface area contributed by atoms with Crippen molar-refractivity contribution in [3.63, 3.8) is 0 Å². The van der Waals surface area contributed by atoms with Gasteiger partial charge in [-0.1, -0.05) is 38.1 Å². The summed E-state index contributed by atoms with van der Waals surface area (Å²) < 4.78 is 0. The number of piperidine rings is 1. The normalized spacial score (nSPS) is 19.6. The molecule has 5 heteroatoms. The fourth-order valence-electron chi connectivity index (χ4n) is 3.42. The molecule has 1 fully saturated rings. The molecule has 1 aliphatic heterocycles. The first-order chi connectivity index (χ1) is 11.8. The number of likely N-dealkylation sites (tertiary alicyclic amines) is 1. The Labute approximate surface area is 151 Å². The third kappa shape index (κ3) is 6.16. The number of benzene rings is 1. The van der Waals surface area contributed by atoms with Crippen LogP contribution in [-0.2, 0) is 16.0 Å². The van der Waals surface area contributed by atoms with E-state index in [1.807, 2.05) is 11.8 Å². The van der Waals surface area contributed by atoms with Gasteiger partial charge in [-0.05, 0) is 49.8 Å². The maximum absolute atomic E-state index is 12.3. The van der Waals surface area contributed by atoms with Crippen molar-refractivity contribution in [3.05, 3.63) is 35.4 Å². The van der Waals surface area contributed by atoms with E-state index in [9.17, 15) is 9.59 Å². The molecule has 25 heavy (non-hydrogen) atoms. The predicted molar refractivity (Wildman–Crippen MR) is 99.9 cm³/mol. The van der Waals surface area contributed by atoms with Crippen molar-refractivity contribution >= 4 is 11.8 Å². The van der Waals surface area contributed by atoms with Gasteiger partial charge in [-0.15, -0.1) is 0 Å². The van der Waals surface area contributed by atoms with Crippen molar-refractivity contribution in [2.75, 3.05) is 19.6 Å². The van der Waals surface area contributed by atoms with E-state index in [4.69, 9.17) is 5.73 Å². The summed E-state index contributed by atoms with van der Waals surface area (Å²) in [6, 6.07) is 8.43. The van der Waals surface area contributed by atoms with Crippen LogP contribution in [0.4, 0.5) is 0 Å². The van der Waals surface area contributed by atoms with Gasteiger partial charge in [0.2, 0.25) is 11.8 Å². The number of nitrogens with two attached hydrogens (primary N) is 1. The van der Waals surface area contributed by atoms with E-state index in [-0.39, 0.29) is 23.8 Å². The first kappa shape index (κ1) is 19.4. The summed E-state index contributed by atoms with van der Waals surface area (Å²) in [5.41, 5.74) is 7.82. The lowest BCUT2D eigenvalue weighted by Crippen LogP contribution is -2.45. The second-order valence-corrected chi connectivity index (χ2v) is 7.61. The Hall–Kier alpha value is -1.88. The van der Waals surface area contributed by atoms with Crippen LogP contribution in [-0.4, -0.2) is 36.3 Å². The Balaban J connectivity index is 1.84. The lowest BCUT2D eigenvalue weighted by atomic mass is 9.97. The Morgan fingerprint density at radius 2 is 1.92 bits per heavy atom. The molecule has 1 aromatic carbocycles. The molecule has 1 aromatic rings. The van der Waals surface area contributed by atoms with Crippen LogP contribution in [0.2, 0.25) is 0 Å². The molecule has 1 saturated heterocycles. The zero-order valence-electron chi connectivity index (χ0n) is 15.6. The molecular formula is C20H31N3O2. The number of carbonyl (C=O) groups excluding carboxylic acids is 2. The number of rotatable bonds is 7. The highest BCUT2D eigenvalue weighted by molar-refractivity contribution is 5.79. The molecule has 2 unspecified atom stereocenters. The van der Waals surface area contributed by atoms with Crippen LogP contribution >= 0.6 is 0 Å². The summed E-state index contributed by atoms with van der Waals surface area (Å²) in [7, 11) is 0. The van der Waals surface area contributed by atoms with Gasteiger partial charge in [-0.25, -0.2) is 0 Å². The molecule has 2 amide bonds. The second-order valence-electron chi connectivity index (χ2n) is 7.61. The minimum atomic E-state index is -0.264. The predicted octanol–water partition coefficient (Wildman–Crippen LogP) is 2.26. The lowest BCUT2D eigenvalue weighted by molar-refractivity contribution is -0.127. The van der Waals surface area contributed by atoms with Crippen LogP contribution in [0.1, 0.15) is 50.8 Å². The average Bonchev–Trinajstić information content (AvgIpc) is 2.55. The number of carbonyl (C=O) groups is 2. The number of primary amides is 1. The van der Waals surface area contributed by atoms with Crippen molar-refractivity contribution in [2.45, 2.75) is 46.1 Å². The molecule has 2 rings (SSSR count).